The van der Waals surface area contributed by atoms with Crippen LogP contribution in [0.25, 0.3) is 44.1 Å². The number of carboxylic acid groups (broad SMARTS) is 1. The van der Waals surface area contributed by atoms with Crippen molar-refractivity contribution in [1.29, 1.82) is 0 Å². The first-order chi connectivity index (χ1) is 27.1. The highest BCUT2D eigenvalue weighted by molar-refractivity contribution is 6.31. The summed E-state index contributed by atoms with van der Waals surface area (Å²) in [6.45, 7) is 3.03. The van der Waals surface area contributed by atoms with Crippen LogP contribution < -0.4 is 0 Å². The predicted octanol–water partition coefficient (Wildman–Crippen LogP) is 11.0. The number of halogens is 4. The third-order valence-corrected chi connectivity index (χ3v) is 9.54. The van der Waals surface area contributed by atoms with Gasteiger partial charge in [0.05, 0.1) is 51.9 Å². The summed E-state index contributed by atoms with van der Waals surface area (Å²) in [7, 11) is 0. The Balaban J connectivity index is 0.000000172. The van der Waals surface area contributed by atoms with Crippen LogP contribution in [0.4, 0.5) is 8.78 Å². The predicted molar refractivity (Wildman–Crippen MR) is 214 cm³/mol. The summed E-state index contributed by atoms with van der Waals surface area (Å²) in [6, 6.07) is 35.0. The fourth-order valence-electron chi connectivity index (χ4n) is 6.35. The largest absolute Gasteiger partial charge is 0.478 e. The van der Waals surface area contributed by atoms with E-state index in [0.717, 1.165) is 55.2 Å². The summed E-state index contributed by atoms with van der Waals surface area (Å²) in [6.07, 6.45) is 3.84. The number of aromatic nitrogens is 4. The zero-order valence-electron chi connectivity index (χ0n) is 29.8. The maximum absolute atomic E-state index is 13.4. The van der Waals surface area contributed by atoms with E-state index in [1.165, 1.54) is 12.1 Å². The third kappa shape index (κ3) is 8.47. The number of ether oxygens (including phenoxy) is 1. The van der Waals surface area contributed by atoms with E-state index in [1.54, 1.807) is 64.8 Å². The van der Waals surface area contributed by atoms with Gasteiger partial charge in [-0.15, -0.1) is 0 Å². The van der Waals surface area contributed by atoms with E-state index in [9.17, 15) is 23.5 Å². The Kier molecular flexibility index (Phi) is 11.2. The van der Waals surface area contributed by atoms with Crippen LogP contribution >= 0.6 is 23.2 Å². The van der Waals surface area contributed by atoms with Crippen LogP contribution in [0.1, 0.15) is 38.8 Å². The molecule has 0 aliphatic heterocycles. The average Bonchev–Trinajstić information content (AvgIpc) is 3.81. The molecule has 0 atom stereocenters. The monoisotopic (exact) mass is 788 g/mol. The molecule has 0 saturated heterocycles. The molecule has 0 bridgehead atoms. The Morgan fingerprint density at radius 1 is 0.643 bits per heavy atom. The maximum atomic E-state index is 13.4. The minimum absolute atomic E-state index is 0.0791. The molecular formula is C44H32Cl2F2N4O4. The lowest BCUT2D eigenvalue weighted by molar-refractivity contribution is 0.0525. The molecule has 12 heteroatoms. The lowest BCUT2D eigenvalue weighted by Gasteiger charge is -2.06. The smallest absolute Gasteiger partial charge is 0.338 e. The Labute approximate surface area is 330 Å². The van der Waals surface area contributed by atoms with E-state index >= 15 is 0 Å². The van der Waals surface area contributed by atoms with Gasteiger partial charge in [0.15, 0.2) is 0 Å². The van der Waals surface area contributed by atoms with Crippen molar-refractivity contribution in [2.24, 2.45) is 0 Å². The van der Waals surface area contributed by atoms with Crippen molar-refractivity contribution < 1.29 is 28.2 Å². The molecule has 2 aromatic heterocycles. The Hall–Kier alpha value is -6.36. The van der Waals surface area contributed by atoms with Gasteiger partial charge < -0.3 is 9.84 Å². The minimum Gasteiger partial charge on any atom is -0.478 e. The molecule has 2 heterocycles. The molecule has 0 aliphatic carbocycles. The fraction of sp³-hybridized carbons (Fsp3) is 0.0909. The fourth-order valence-corrected chi connectivity index (χ4v) is 6.75. The highest BCUT2D eigenvalue weighted by Gasteiger charge is 2.14. The van der Waals surface area contributed by atoms with Crippen LogP contribution in [0.2, 0.25) is 10.0 Å². The third-order valence-electron chi connectivity index (χ3n) is 8.96. The van der Waals surface area contributed by atoms with Gasteiger partial charge in [-0.05, 0) is 101 Å². The van der Waals surface area contributed by atoms with Crippen LogP contribution in [0.3, 0.4) is 0 Å². The molecule has 0 fully saturated rings. The van der Waals surface area contributed by atoms with Gasteiger partial charge in [0.25, 0.3) is 0 Å². The second kappa shape index (κ2) is 16.6. The first kappa shape index (κ1) is 37.9. The number of carbonyl (C=O) groups excluding carboxylic acids is 1. The summed E-state index contributed by atoms with van der Waals surface area (Å²) < 4.78 is 35.4. The van der Waals surface area contributed by atoms with Crippen LogP contribution in [-0.4, -0.2) is 43.2 Å². The normalized spacial score (nSPS) is 11.0. The molecule has 1 N–H and O–H groups in total. The maximum Gasteiger partial charge on any atom is 0.338 e. The number of benzene rings is 6. The van der Waals surface area contributed by atoms with Crippen LogP contribution in [0, 0.1) is 11.6 Å². The number of nitrogens with zero attached hydrogens (tertiary/aromatic N) is 4. The first-order valence-electron chi connectivity index (χ1n) is 17.5. The van der Waals surface area contributed by atoms with E-state index in [4.69, 9.17) is 27.9 Å². The zero-order valence-corrected chi connectivity index (χ0v) is 31.3. The first-order valence-corrected chi connectivity index (χ1v) is 18.2. The molecule has 0 unspecified atom stereocenters. The Morgan fingerprint density at radius 2 is 1.11 bits per heavy atom. The molecule has 0 aliphatic rings. The van der Waals surface area contributed by atoms with Crippen molar-refractivity contribution in [3.05, 3.63) is 178 Å². The van der Waals surface area contributed by atoms with E-state index in [1.807, 2.05) is 73.1 Å². The Bertz CT molecular complexity index is 2750. The number of carboxylic acids is 1. The summed E-state index contributed by atoms with van der Waals surface area (Å²) in [5, 5.41) is 20.5. The molecular weight excluding hydrogens is 757 g/mol. The van der Waals surface area contributed by atoms with Gasteiger partial charge >= 0.3 is 11.9 Å². The molecule has 0 radical (unpaired) electrons. The van der Waals surface area contributed by atoms with Gasteiger partial charge in [-0.2, -0.15) is 10.2 Å². The lowest BCUT2D eigenvalue weighted by Crippen LogP contribution is -2.04. The van der Waals surface area contributed by atoms with Crippen molar-refractivity contribution in [1.82, 2.24) is 19.6 Å². The number of hydrogen-bond donors (Lipinski definition) is 1. The molecule has 0 amide bonds. The highest BCUT2D eigenvalue weighted by atomic mass is 35.5. The summed E-state index contributed by atoms with van der Waals surface area (Å²) >= 11 is 11.7. The van der Waals surface area contributed by atoms with Crippen LogP contribution in [0.15, 0.2) is 134 Å². The van der Waals surface area contributed by atoms with Crippen LogP contribution in [-0.2, 0) is 17.8 Å². The number of esters is 1. The summed E-state index contributed by atoms with van der Waals surface area (Å²) in [5.74, 6) is -2.20. The molecule has 280 valence electrons. The topological polar surface area (TPSA) is 99.2 Å². The molecule has 0 saturated carbocycles. The van der Waals surface area contributed by atoms with Crippen molar-refractivity contribution in [2.45, 2.75) is 20.0 Å². The quantitative estimate of drug-likeness (QED) is 0.146. The Morgan fingerprint density at radius 3 is 1.57 bits per heavy atom. The standard InChI is InChI=1S/C23H18ClFN2O2.C21H14ClFN2O2/c1-2-29-23(28)17-6-3-5-16(12-17)18-7-4-8-22-19(18)14-27(26-22)13-15-9-10-21(25)20(24)11-15;22-18-9-13(7-8-19(18)23)11-25-12-17-16(5-2-6-20(17)24-25)14-3-1-4-15(10-14)21(26)27/h3-12,14H,2,13H2,1H3;1-10,12H,11H2,(H,26,27). The van der Waals surface area contributed by atoms with Crippen molar-refractivity contribution in [3.63, 3.8) is 0 Å². The van der Waals surface area contributed by atoms with Gasteiger partial charge in [0.2, 0.25) is 0 Å². The number of aromatic carboxylic acids is 1. The molecule has 8 nitrogen and oxygen atoms in total. The van der Waals surface area contributed by atoms with Crippen molar-refractivity contribution in [2.75, 3.05) is 6.61 Å². The second-order valence-electron chi connectivity index (χ2n) is 12.8. The molecule has 56 heavy (non-hydrogen) atoms. The number of fused-ring (bicyclic) bond motifs is 2. The number of rotatable bonds is 9. The summed E-state index contributed by atoms with van der Waals surface area (Å²) in [4.78, 5) is 23.3. The van der Waals surface area contributed by atoms with E-state index < -0.39 is 17.6 Å². The van der Waals surface area contributed by atoms with E-state index in [0.29, 0.717) is 25.3 Å². The molecule has 6 aromatic carbocycles. The second-order valence-corrected chi connectivity index (χ2v) is 13.6. The lowest BCUT2D eigenvalue weighted by atomic mass is 10.00. The number of carbonyl (C=O) groups is 2. The van der Waals surface area contributed by atoms with Crippen LogP contribution in [0.5, 0.6) is 0 Å². The van der Waals surface area contributed by atoms with Gasteiger partial charge in [0.1, 0.15) is 11.6 Å². The molecule has 0 spiro atoms. The van der Waals surface area contributed by atoms with Gasteiger partial charge in [-0.1, -0.05) is 83.9 Å². The summed E-state index contributed by atoms with van der Waals surface area (Å²) in [5.41, 5.74) is 7.65. The molecule has 8 aromatic rings. The van der Waals surface area contributed by atoms with E-state index in [2.05, 4.69) is 10.2 Å². The van der Waals surface area contributed by atoms with Crippen molar-refractivity contribution in [3.8, 4) is 22.3 Å². The minimum atomic E-state index is -0.965. The van der Waals surface area contributed by atoms with Gasteiger partial charge in [-0.3, -0.25) is 9.36 Å². The number of hydrogen-bond acceptors (Lipinski definition) is 5. The van der Waals surface area contributed by atoms with Gasteiger partial charge in [0, 0.05) is 23.2 Å². The average molecular weight is 790 g/mol. The zero-order chi connectivity index (χ0) is 39.3. The van der Waals surface area contributed by atoms with E-state index in [-0.39, 0.29) is 21.6 Å². The highest BCUT2D eigenvalue weighted by Crippen LogP contribution is 2.31. The van der Waals surface area contributed by atoms with Gasteiger partial charge in [-0.25, -0.2) is 18.4 Å². The SMILES string of the molecule is CCOC(=O)c1cccc(-c2cccc3nn(Cc4ccc(F)c(Cl)c4)cc23)c1.O=C(O)c1cccc(-c2cccc3nn(Cc4ccc(F)c(Cl)c4)cc23)c1. The molecule has 8 rings (SSSR count). The van der Waals surface area contributed by atoms with Crippen molar-refractivity contribution >= 4 is 56.9 Å².